The number of sulfonamides is 1. The van der Waals surface area contributed by atoms with Gasteiger partial charge in [-0.1, -0.05) is 11.6 Å². The average molecular weight is 294 g/mol. The van der Waals surface area contributed by atoms with E-state index in [2.05, 4.69) is 0 Å². The van der Waals surface area contributed by atoms with Crippen LogP contribution in [0.1, 0.15) is 6.42 Å². The van der Waals surface area contributed by atoms with Crippen LogP contribution in [0.15, 0.2) is 29.2 Å². The molecular formula is C10H12ClNO5S. The number of aliphatic carboxylic acids is 1. The van der Waals surface area contributed by atoms with E-state index in [9.17, 15) is 13.2 Å². The van der Waals surface area contributed by atoms with Crippen molar-refractivity contribution in [1.82, 2.24) is 4.72 Å². The van der Waals surface area contributed by atoms with Crippen molar-refractivity contribution in [2.24, 2.45) is 0 Å². The Hall–Kier alpha value is -1.15. The number of rotatable bonds is 6. The van der Waals surface area contributed by atoms with Gasteiger partial charge in [-0.05, 0) is 30.7 Å². The van der Waals surface area contributed by atoms with Gasteiger partial charge in [0.2, 0.25) is 10.0 Å². The highest BCUT2D eigenvalue weighted by molar-refractivity contribution is 7.89. The zero-order valence-electron chi connectivity index (χ0n) is 9.21. The van der Waals surface area contributed by atoms with Gasteiger partial charge in [-0.15, -0.1) is 0 Å². The summed E-state index contributed by atoms with van der Waals surface area (Å²) < 4.78 is 25.7. The Kier molecular flexibility index (Phi) is 5.09. The Labute approximate surface area is 109 Å². The summed E-state index contributed by atoms with van der Waals surface area (Å²) in [5, 5.41) is 17.8. The van der Waals surface area contributed by atoms with E-state index in [1.165, 1.54) is 24.3 Å². The van der Waals surface area contributed by atoms with E-state index >= 15 is 0 Å². The highest BCUT2D eigenvalue weighted by Gasteiger charge is 2.24. The van der Waals surface area contributed by atoms with Gasteiger partial charge in [-0.2, -0.15) is 4.72 Å². The molecule has 0 spiro atoms. The Morgan fingerprint density at radius 2 is 1.89 bits per heavy atom. The van der Waals surface area contributed by atoms with Crippen LogP contribution in [0, 0.1) is 0 Å². The Balaban J connectivity index is 2.93. The van der Waals surface area contributed by atoms with E-state index in [-0.39, 0.29) is 11.3 Å². The van der Waals surface area contributed by atoms with E-state index in [0.29, 0.717) is 5.02 Å². The molecule has 0 aliphatic carbocycles. The second kappa shape index (κ2) is 6.14. The second-order valence-corrected chi connectivity index (χ2v) is 5.63. The molecule has 1 aromatic rings. The van der Waals surface area contributed by atoms with Gasteiger partial charge in [-0.25, -0.2) is 8.42 Å². The summed E-state index contributed by atoms with van der Waals surface area (Å²) in [5.41, 5.74) is 0. The summed E-state index contributed by atoms with van der Waals surface area (Å²) in [6, 6.07) is 3.94. The fourth-order valence-corrected chi connectivity index (χ4v) is 2.58. The van der Waals surface area contributed by atoms with Gasteiger partial charge in [0.15, 0.2) is 0 Å². The van der Waals surface area contributed by atoms with Gasteiger partial charge in [0.05, 0.1) is 4.90 Å². The number of carboxylic acid groups (broad SMARTS) is 1. The van der Waals surface area contributed by atoms with Crippen molar-refractivity contribution in [3.63, 3.8) is 0 Å². The molecule has 0 amide bonds. The first-order chi connectivity index (χ1) is 8.36. The maximum Gasteiger partial charge on any atom is 0.321 e. The molecule has 0 saturated heterocycles. The normalized spacial score (nSPS) is 13.2. The summed E-state index contributed by atoms with van der Waals surface area (Å²) in [6.45, 7) is -0.430. The molecule has 18 heavy (non-hydrogen) atoms. The Bertz CT molecular complexity index is 514. The van der Waals surface area contributed by atoms with E-state index in [1.807, 2.05) is 4.72 Å². The molecule has 0 aliphatic heterocycles. The molecule has 1 rings (SSSR count). The zero-order valence-corrected chi connectivity index (χ0v) is 10.8. The van der Waals surface area contributed by atoms with Gasteiger partial charge < -0.3 is 10.2 Å². The number of hydrogen-bond donors (Lipinski definition) is 3. The van der Waals surface area contributed by atoms with Crippen LogP contribution in [-0.4, -0.2) is 37.2 Å². The first-order valence-electron chi connectivity index (χ1n) is 4.98. The molecule has 1 atom stereocenters. The lowest BCUT2D eigenvalue weighted by atomic mass is 10.2. The summed E-state index contributed by atoms with van der Waals surface area (Å²) in [5.74, 6) is -1.35. The quantitative estimate of drug-likeness (QED) is 0.707. The molecular weight excluding hydrogens is 282 g/mol. The van der Waals surface area contributed by atoms with Gasteiger partial charge in [0, 0.05) is 11.6 Å². The summed E-state index contributed by atoms with van der Waals surface area (Å²) in [7, 11) is -3.94. The molecule has 8 heteroatoms. The molecule has 1 aromatic carbocycles. The van der Waals surface area contributed by atoms with Crippen molar-refractivity contribution in [3.8, 4) is 0 Å². The van der Waals surface area contributed by atoms with Crippen LogP contribution >= 0.6 is 11.6 Å². The van der Waals surface area contributed by atoms with Crippen LogP contribution in [0.25, 0.3) is 0 Å². The molecule has 0 saturated carbocycles. The number of hydrogen-bond acceptors (Lipinski definition) is 4. The third-order valence-electron chi connectivity index (χ3n) is 2.14. The van der Waals surface area contributed by atoms with E-state index in [1.54, 1.807) is 0 Å². The van der Waals surface area contributed by atoms with E-state index in [4.69, 9.17) is 21.8 Å². The van der Waals surface area contributed by atoms with Crippen LogP contribution in [0.4, 0.5) is 0 Å². The molecule has 0 aromatic heterocycles. The minimum atomic E-state index is -3.94. The molecule has 0 aliphatic rings. The topological polar surface area (TPSA) is 104 Å². The number of aliphatic hydroxyl groups excluding tert-OH is 1. The SMILES string of the molecule is O=C(O)[C@@H](CCO)NS(=O)(=O)c1ccc(Cl)cc1. The van der Waals surface area contributed by atoms with Crippen molar-refractivity contribution in [3.05, 3.63) is 29.3 Å². The number of halogens is 1. The summed E-state index contributed by atoms with van der Waals surface area (Å²) in [4.78, 5) is 10.7. The lowest BCUT2D eigenvalue weighted by Crippen LogP contribution is -2.41. The highest BCUT2D eigenvalue weighted by Crippen LogP contribution is 2.14. The minimum Gasteiger partial charge on any atom is -0.480 e. The smallest absolute Gasteiger partial charge is 0.321 e. The Morgan fingerprint density at radius 3 is 2.33 bits per heavy atom. The molecule has 6 nitrogen and oxygen atoms in total. The fraction of sp³-hybridized carbons (Fsp3) is 0.300. The van der Waals surface area contributed by atoms with Gasteiger partial charge in [0.25, 0.3) is 0 Å². The van der Waals surface area contributed by atoms with Crippen molar-refractivity contribution in [2.45, 2.75) is 17.4 Å². The van der Waals surface area contributed by atoms with Crippen molar-refractivity contribution < 1.29 is 23.4 Å². The van der Waals surface area contributed by atoms with Crippen LogP contribution < -0.4 is 4.72 Å². The van der Waals surface area contributed by atoms with Crippen molar-refractivity contribution in [2.75, 3.05) is 6.61 Å². The third kappa shape index (κ3) is 3.95. The Morgan fingerprint density at radius 1 is 1.33 bits per heavy atom. The first kappa shape index (κ1) is 14.9. The van der Waals surface area contributed by atoms with Crippen LogP contribution in [-0.2, 0) is 14.8 Å². The van der Waals surface area contributed by atoms with Crippen LogP contribution in [0.3, 0.4) is 0 Å². The number of benzene rings is 1. The predicted molar refractivity (Wildman–Crippen MR) is 64.9 cm³/mol. The van der Waals surface area contributed by atoms with Gasteiger partial charge in [0.1, 0.15) is 6.04 Å². The predicted octanol–water partition coefficient (Wildman–Crippen LogP) is 0.454. The molecule has 0 bridgehead atoms. The van der Waals surface area contributed by atoms with Crippen LogP contribution in [0.5, 0.6) is 0 Å². The van der Waals surface area contributed by atoms with Crippen LogP contribution in [0.2, 0.25) is 5.02 Å². The largest absolute Gasteiger partial charge is 0.480 e. The minimum absolute atomic E-state index is 0.0870. The van der Waals surface area contributed by atoms with Gasteiger partial charge in [-0.3, -0.25) is 4.79 Å². The molecule has 100 valence electrons. The van der Waals surface area contributed by atoms with E-state index in [0.717, 1.165) is 0 Å². The first-order valence-corrected chi connectivity index (χ1v) is 6.84. The van der Waals surface area contributed by atoms with Crippen molar-refractivity contribution in [1.29, 1.82) is 0 Å². The maximum absolute atomic E-state index is 11.8. The fourth-order valence-electron chi connectivity index (χ4n) is 1.23. The van der Waals surface area contributed by atoms with Crippen molar-refractivity contribution >= 4 is 27.6 Å². The lowest BCUT2D eigenvalue weighted by molar-refractivity contribution is -0.139. The number of aliphatic hydroxyl groups is 1. The monoisotopic (exact) mass is 293 g/mol. The number of nitrogens with one attached hydrogen (secondary N) is 1. The maximum atomic E-state index is 11.8. The molecule has 0 radical (unpaired) electrons. The second-order valence-electron chi connectivity index (χ2n) is 3.48. The molecule has 3 N–H and O–H groups in total. The molecule has 0 fully saturated rings. The highest BCUT2D eigenvalue weighted by atomic mass is 35.5. The standard InChI is InChI=1S/C10H12ClNO5S/c11-7-1-3-8(4-2-7)18(16,17)12-9(5-6-13)10(14)15/h1-4,9,12-13H,5-6H2,(H,14,15)/t9-/m1/s1. The third-order valence-corrected chi connectivity index (χ3v) is 3.88. The molecule has 0 unspecified atom stereocenters. The van der Waals surface area contributed by atoms with E-state index < -0.39 is 28.6 Å². The lowest BCUT2D eigenvalue weighted by Gasteiger charge is -2.13. The average Bonchev–Trinajstić information content (AvgIpc) is 2.28. The summed E-state index contributed by atoms with van der Waals surface area (Å²) in [6.07, 6.45) is -0.206. The number of carboxylic acids is 1. The summed E-state index contributed by atoms with van der Waals surface area (Å²) >= 11 is 5.63. The van der Waals surface area contributed by atoms with Gasteiger partial charge >= 0.3 is 5.97 Å². The zero-order chi connectivity index (χ0) is 13.8. The number of carbonyl (C=O) groups is 1. The molecule has 0 heterocycles.